The molecule has 0 aliphatic carbocycles. The van der Waals surface area contributed by atoms with Gasteiger partial charge in [-0.1, -0.05) is 31.5 Å². The zero-order chi connectivity index (χ0) is 19.1. The number of benzene rings is 1. The first-order chi connectivity index (χ1) is 13.2. The molecule has 3 aromatic rings. The molecule has 0 saturated heterocycles. The lowest BCUT2D eigenvalue weighted by Crippen LogP contribution is -2.12. The van der Waals surface area contributed by atoms with Crippen LogP contribution in [0.1, 0.15) is 48.2 Å². The second-order valence-electron chi connectivity index (χ2n) is 6.65. The highest BCUT2D eigenvalue weighted by Gasteiger charge is 2.12. The Kier molecular flexibility index (Phi) is 6.36. The van der Waals surface area contributed by atoms with E-state index in [0.29, 0.717) is 0 Å². The van der Waals surface area contributed by atoms with Crippen molar-refractivity contribution in [2.24, 2.45) is 0 Å². The van der Waals surface area contributed by atoms with Crippen LogP contribution in [0.15, 0.2) is 55.1 Å². The first kappa shape index (κ1) is 18.8. The Morgan fingerprint density at radius 2 is 2.04 bits per heavy atom. The minimum Gasteiger partial charge on any atom is -0.496 e. The molecule has 5 nitrogen and oxygen atoms in total. The fraction of sp³-hybridized carbons (Fsp3) is 0.318. The number of hydrogen-bond acceptors (Lipinski definition) is 5. The minimum atomic E-state index is 0.186. The molecule has 140 valence electrons. The second kappa shape index (κ2) is 9.12. The molecule has 1 aromatic carbocycles. The van der Waals surface area contributed by atoms with Crippen LogP contribution in [0.25, 0.3) is 0 Å². The summed E-state index contributed by atoms with van der Waals surface area (Å²) in [6, 6.07) is 12.5. The van der Waals surface area contributed by atoms with E-state index in [4.69, 9.17) is 4.74 Å². The molecule has 1 atom stereocenters. The Labute approximate surface area is 160 Å². The van der Waals surface area contributed by atoms with Crippen LogP contribution < -0.4 is 10.1 Å². The van der Waals surface area contributed by atoms with Gasteiger partial charge in [-0.05, 0) is 42.2 Å². The molecule has 0 amide bonds. The van der Waals surface area contributed by atoms with E-state index in [0.717, 1.165) is 42.1 Å². The van der Waals surface area contributed by atoms with Gasteiger partial charge in [0.05, 0.1) is 18.8 Å². The Bertz CT molecular complexity index is 867. The SMILES string of the molecule is CCCC(Nc1cc(Cc2ccc(C)c(OC)c2)ncn1)c1cccnc1. The van der Waals surface area contributed by atoms with Gasteiger partial charge in [0.2, 0.25) is 0 Å². The number of anilines is 1. The van der Waals surface area contributed by atoms with Crippen molar-refractivity contribution in [3.63, 3.8) is 0 Å². The number of nitrogens with one attached hydrogen (secondary N) is 1. The standard InChI is InChI=1S/C22H26N4O/c1-4-6-20(18-7-5-10-23-14-18)26-22-13-19(24-15-25-22)11-17-9-8-16(2)21(12-17)27-3/h5,7-10,12-15,20H,4,6,11H2,1-3H3,(H,24,25,26). The Hall–Kier alpha value is -2.95. The molecule has 1 unspecified atom stereocenters. The van der Waals surface area contributed by atoms with Gasteiger partial charge in [0.15, 0.2) is 0 Å². The van der Waals surface area contributed by atoms with Crippen molar-refractivity contribution < 1.29 is 4.74 Å². The molecule has 0 bridgehead atoms. The van der Waals surface area contributed by atoms with E-state index < -0.39 is 0 Å². The van der Waals surface area contributed by atoms with Gasteiger partial charge in [0, 0.05) is 24.9 Å². The molecule has 0 aliphatic heterocycles. The van der Waals surface area contributed by atoms with Gasteiger partial charge in [-0.3, -0.25) is 4.98 Å². The van der Waals surface area contributed by atoms with Crippen molar-refractivity contribution in [1.82, 2.24) is 15.0 Å². The van der Waals surface area contributed by atoms with Crippen molar-refractivity contribution in [2.45, 2.75) is 39.2 Å². The molecule has 0 aliphatic rings. The van der Waals surface area contributed by atoms with Crippen molar-refractivity contribution >= 4 is 5.82 Å². The van der Waals surface area contributed by atoms with Crippen molar-refractivity contribution in [2.75, 3.05) is 12.4 Å². The van der Waals surface area contributed by atoms with Crippen molar-refractivity contribution in [3.8, 4) is 5.75 Å². The maximum Gasteiger partial charge on any atom is 0.130 e. The molecular formula is C22H26N4O. The summed E-state index contributed by atoms with van der Waals surface area (Å²) in [5.41, 5.74) is 4.44. The lowest BCUT2D eigenvalue weighted by molar-refractivity contribution is 0.411. The number of methoxy groups -OCH3 is 1. The summed E-state index contributed by atoms with van der Waals surface area (Å²) < 4.78 is 5.42. The van der Waals surface area contributed by atoms with E-state index >= 15 is 0 Å². The zero-order valence-corrected chi connectivity index (χ0v) is 16.1. The number of rotatable bonds is 8. The lowest BCUT2D eigenvalue weighted by atomic mass is 10.0. The summed E-state index contributed by atoms with van der Waals surface area (Å²) in [6.45, 7) is 4.23. The van der Waals surface area contributed by atoms with Crippen LogP contribution >= 0.6 is 0 Å². The van der Waals surface area contributed by atoms with Crippen molar-refractivity contribution in [3.05, 3.63) is 77.5 Å². The number of hydrogen-bond donors (Lipinski definition) is 1. The third kappa shape index (κ3) is 5.03. The van der Waals surface area contributed by atoms with Gasteiger partial charge < -0.3 is 10.1 Å². The average molecular weight is 362 g/mol. The highest BCUT2D eigenvalue weighted by molar-refractivity contribution is 5.41. The summed E-state index contributed by atoms with van der Waals surface area (Å²) in [5, 5.41) is 3.54. The van der Waals surface area contributed by atoms with Crippen LogP contribution in [0.2, 0.25) is 0 Å². The van der Waals surface area contributed by atoms with Crippen LogP contribution in [0.3, 0.4) is 0 Å². The van der Waals surface area contributed by atoms with Gasteiger partial charge in [-0.15, -0.1) is 0 Å². The van der Waals surface area contributed by atoms with E-state index in [2.05, 4.69) is 51.5 Å². The normalized spacial score (nSPS) is 11.8. The van der Waals surface area contributed by atoms with E-state index in [-0.39, 0.29) is 6.04 Å². The first-order valence-electron chi connectivity index (χ1n) is 9.30. The predicted molar refractivity (Wildman–Crippen MR) is 108 cm³/mol. The summed E-state index contributed by atoms with van der Waals surface area (Å²) in [5.74, 6) is 1.74. The fourth-order valence-electron chi connectivity index (χ4n) is 3.13. The summed E-state index contributed by atoms with van der Waals surface area (Å²) in [6.07, 6.45) is 8.15. The van der Waals surface area contributed by atoms with Crippen LogP contribution in [-0.2, 0) is 6.42 Å². The highest BCUT2D eigenvalue weighted by Crippen LogP contribution is 2.24. The zero-order valence-electron chi connectivity index (χ0n) is 16.1. The molecule has 3 rings (SSSR count). The number of ether oxygens (including phenoxy) is 1. The summed E-state index contributed by atoms with van der Waals surface area (Å²) in [7, 11) is 1.70. The molecule has 2 heterocycles. The molecule has 0 saturated carbocycles. The largest absolute Gasteiger partial charge is 0.496 e. The van der Waals surface area contributed by atoms with E-state index in [1.807, 2.05) is 25.3 Å². The Balaban J connectivity index is 1.76. The number of nitrogens with zero attached hydrogens (tertiary/aromatic N) is 3. The summed E-state index contributed by atoms with van der Waals surface area (Å²) in [4.78, 5) is 13.1. The first-order valence-corrected chi connectivity index (χ1v) is 9.30. The molecule has 27 heavy (non-hydrogen) atoms. The second-order valence-corrected chi connectivity index (χ2v) is 6.65. The maximum absolute atomic E-state index is 5.42. The Morgan fingerprint density at radius 1 is 1.15 bits per heavy atom. The summed E-state index contributed by atoms with van der Waals surface area (Å²) >= 11 is 0. The number of aryl methyl sites for hydroxylation is 1. The molecule has 0 radical (unpaired) electrons. The Morgan fingerprint density at radius 3 is 2.78 bits per heavy atom. The van der Waals surface area contributed by atoms with Crippen LogP contribution in [0.4, 0.5) is 5.82 Å². The maximum atomic E-state index is 5.42. The predicted octanol–water partition coefficient (Wildman–Crippen LogP) is 4.73. The van der Waals surface area contributed by atoms with Gasteiger partial charge in [0.1, 0.15) is 17.9 Å². The van der Waals surface area contributed by atoms with E-state index in [9.17, 15) is 0 Å². The molecular weight excluding hydrogens is 336 g/mol. The van der Waals surface area contributed by atoms with Crippen LogP contribution in [0.5, 0.6) is 5.75 Å². The molecule has 2 aromatic heterocycles. The monoisotopic (exact) mass is 362 g/mol. The topological polar surface area (TPSA) is 59.9 Å². The van der Waals surface area contributed by atoms with Crippen LogP contribution in [0, 0.1) is 6.92 Å². The fourth-order valence-corrected chi connectivity index (χ4v) is 3.13. The molecule has 1 N–H and O–H groups in total. The van der Waals surface area contributed by atoms with E-state index in [1.54, 1.807) is 19.6 Å². The molecule has 0 spiro atoms. The van der Waals surface area contributed by atoms with Gasteiger partial charge >= 0.3 is 0 Å². The van der Waals surface area contributed by atoms with Crippen molar-refractivity contribution in [1.29, 1.82) is 0 Å². The lowest BCUT2D eigenvalue weighted by Gasteiger charge is -2.19. The van der Waals surface area contributed by atoms with Gasteiger partial charge in [-0.2, -0.15) is 0 Å². The van der Waals surface area contributed by atoms with Gasteiger partial charge in [0.25, 0.3) is 0 Å². The van der Waals surface area contributed by atoms with Gasteiger partial charge in [-0.25, -0.2) is 9.97 Å². The molecule has 5 heteroatoms. The number of aromatic nitrogens is 3. The van der Waals surface area contributed by atoms with Crippen LogP contribution in [-0.4, -0.2) is 22.1 Å². The smallest absolute Gasteiger partial charge is 0.130 e. The third-order valence-corrected chi connectivity index (χ3v) is 4.57. The quantitative estimate of drug-likeness (QED) is 0.627. The molecule has 0 fully saturated rings. The van der Waals surface area contributed by atoms with E-state index in [1.165, 1.54) is 11.1 Å². The minimum absolute atomic E-state index is 0.186. The number of pyridine rings is 1. The third-order valence-electron chi connectivity index (χ3n) is 4.57. The highest BCUT2D eigenvalue weighted by atomic mass is 16.5. The average Bonchev–Trinajstić information content (AvgIpc) is 2.70.